The Hall–Kier alpha value is -2.97. The Kier molecular flexibility index (Phi) is 7.82. The first-order chi connectivity index (χ1) is 19.6. The summed E-state index contributed by atoms with van der Waals surface area (Å²) in [5, 5.41) is 5.00. The highest BCUT2D eigenvalue weighted by atomic mass is 31.2. The fourth-order valence-corrected chi connectivity index (χ4v) is 12.3. The molecule has 2 aliphatic rings. The second-order valence-electron chi connectivity index (χ2n) is 11.5. The maximum absolute atomic E-state index is 16.4. The maximum Gasteiger partial charge on any atom is 0.138 e. The molecule has 0 amide bonds. The third-order valence-corrected chi connectivity index (χ3v) is 13.8. The lowest BCUT2D eigenvalue weighted by molar-refractivity contribution is 0.409. The van der Waals surface area contributed by atoms with Gasteiger partial charge in [0.1, 0.15) is 24.4 Å². The number of fused-ring (bicyclic) bond motifs is 2. The summed E-state index contributed by atoms with van der Waals surface area (Å²) >= 11 is 0. The van der Waals surface area contributed by atoms with Crippen molar-refractivity contribution >= 4 is 34.0 Å². The predicted octanol–water partition coefficient (Wildman–Crippen LogP) is 9.34. The van der Waals surface area contributed by atoms with E-state index < -0.39 is 7.14 Å². The largest absolute Gasteiger partial charge is 0.496 e. The van der Waals surface area contributed by atoms with Crippen LogP contribution in [0.15, 0.2) is 60.7 Å². The van der Waals surface area contributed by atoms with Gasteiger partial charge in [0, 0.05) is 33.2 Å². The van der Waals surface area contributed by atoms with Gasteiger partial charge in [-0.15, -0.1) is 0 Å². The van der Waals surface area contributed by atoms with E-state index in [1.54, 1.807) is 21.3 Å². The quantitative estimate of drug-likeness (QED) is 0.213. The fraction of sp³-hybridized carbons (Fsp3) is 0.429. The van der Waals surface area contributed by atoms with Crippen LogP contribution in [0.1, 0.15) is 64.2 Å². The molecule has 2 saturated carbocycles. The van der Waals surface area contributed by atoms with Crippen molar-refractivity contribution in [2.24, 2.45) is 0 Å². The summed E-state index contributed by atoms with van der Waals surface area (Å²) in [4.78, 5) is 0. The molecule has 210 valence electrons. The molecule has 0 spiro atoms. The van der Waals surface area contributed by atoms with Crippen LogP contribution in [0.2, 0.25) is 0 Å². The maximum atomic E-state index is 16.4. The number of hydrogen-bond donors (Lipinski definition) is 0. The Morgan fingerprint density at radius 1 is 0.575 bits per heavy atom. The van der Waals surface area contributed by atoms with Crippen molar-refractivity contribution in [3.05, 3.63) is 60.7 Å². The van der Waals surface area contributed by atoms with E-state index in [0.717, 1.165) is 107 Å². The third-order valence-electron chi connectivity index (χ3n) is 9.45. The van der Waals surface area contributed by atoms with E-state index in [1.165, 1.54) is 12.8 Å². The smallest absolute Gasteiger partial charge is 0.138 e. The summed E-state index contributed by atoms with van der Waals surface area (Å²) in [5.41, 5.74) is 2.15. The van der Waals surface area contributed by atoms with Gasteiger partial charge >= 0.3 is 0 Å². The lowest BCUT2D eigenvalue weighted by Crippen LogP contribution is -2.32. The molecule has 0 N–H and O–H groups in total. The van der Waals surface area contributed by atoms with E-state index in [9.17, 15) is 0 Å². The van der Waals surface area contributed by atoms with Crippen molar-refractivity contribution in [1.29, 1.82) is 0 Å². The molecule has 40 heavy (non-hydrogen) atoms. The van der Waals surface area contributed by atoms with Gasteiger partial charge in [-0.1, -0.05) is 93.1 Å². The van der Waals surface area contributed by atoms with E-state index in [-0.39, 0.29) is 11.3 Å². The molecule has 0 saturated heterocycles. The molecule has 0 aliphatic heterocycles. The molecule has 4 nitrogen and oxygen atoms in total. The topological polar surface area (TPSA) is 44.8 Å². The number of rotatable bonds is 7. The van der Waals surface area contributed by atoms with Crippen LogP contribution in [0, 0.1) is 0 Å². The van der Waals surface area contributed by atoms with Gasteiger partial charge in [-0.2, -0.15) is 0 Å². The second-order valence-corrected chi connectivity index (χ2v) is 14.8. The summed E-state index contributed by atoms with van der Waals surface area (Å²) < 4.78 is 35.1. The van der Waals surface area contributed by atoms with Crippen LogP contribution < -0.4 is 19.5 Å². The van der Waals surface area contributed by atoms with Gasteiger partial charge in [0.25, 0.3) is 0 Å². The fourth-order valence-electron chi connectivity index (χ4n) is 7.62. The van der Waals surface area contributed by atoms with Gasteiger partial charge in [0.2, 0.25) is 0 Å². The van der Waals surface area contributed by atoms with Crippen LogP contribution in [0.4, 0.5) is 0 Å². The molecule has 0 unspecified atom stereocenters. The molecule has 0 bridgehead atoms. The van der Waals surface area contributed by atoms with Crippen molar-refractivity contribution < 1.29 is 18.8 Å². The molecule has 0 atom stereocenters. The highest BCUT2D eigenvalue weighted by molar-refractivity contribution is 7.73. The minimum atomic E-state index is -2.99. The Bertz CT molecular complexity index is 1540. The standard InChI is InChI=1S/C35H41O4P/c1-37-30-23-22-24-14-10-11-19-27(24)31(30)32-33(38-2)28-20-12-13-21-29(28)34(39-3)35(32)40(36,25-15-6-4-7-16-25)26-17-8-5-9-18-26/h10-14,19-23,25-26H,4-9,15-18H2,1-3H3. The number of methoxy groups -OCH3 is 3. The summed E-state index contributed by atoms with van der Waals surface area (Å²) in [7, 11) is 2.21. The summed E-state index contributed by atoms with van der Waals surface area (Å²) in [6, 6.07) is 20.8. The van der Waals surface area contributed by atoms with Crippen LogP contribution in [0.5, 0.6) is 17.2 Å². The molecule has 5 heteroatoms. The van der Waals surface area contributed by atoms with Crippen LogP contribution in [-0.4, -0.2) is 32.6 Å². The van der Waals surface area contributed by atoms with Crippen LogP contribution in [0.3, 0.4) is 0 Å². The summed E-state index contributed by atoms with van der Waals surface area (Å²) in [6.07, 6.45) is 11.1. The Morgan fingerprint density at radius 2 is 1.10 bits per heavy atom. The summed E-state index contributed by atoms with van der Waals surface area (Å²) in [6.45, 7) is 0. The zero-order valence-electron chi connectivity index (χ0n) is 24.1. The summed E-state index contributed by atoms with van der Waals surface area (Å²) in [5.74, 6) is 2.27. The van der Waals surface area contributed by atoms with Gasteiger partial charge in [0.05, 0.1) is 26.6 Å². The third kappa shape index (κ3) is 4.40. The van der Waals surface area contributed by atoms with E-state index in [1.807, 2.05) is 18.2 Å². The van der Waals surface area contributed by atoms with Gasteiger partial charge in [0.15, 0.2) is 0 Å². The van der Waals surface area contributed by atoms with Gasteiger partial charge in [-0.05, 0) is 42.5 Å². The lowest BCUT2D eigenvalue weighted by atomic mass is 9.93. The Balaban J connectivity index is 1.82. The predicted molar refractivity (Wildman–Crippen MR) is 168 cm³/mol. The number of ether oxygens (including phenoxy) is 3. The highest BCUT2D eigenvalue weighted by Crippen LogP contribution is 2.66. The van der Waals surface area contributed by atoms with Gasteiger partial charge < -0.3 is 18.8 Å². The molecule has 4 aromatic rings. The zero-order valence-corrected chi connectivity index (χ0v) is 25.0. The molecule has 2 fully saturated rings. The highest BCUT2D eigenvalue weighted by Gasteiger charge is 2.47. The van der Waals surface area contributed by atoms with Crippen molar-refractivity contribution in [2.45, 2.75) is 75.5 Å². The molecular formula is C35H41O4P. The van der Waals surface area contributed by atoms with Crippen LogP contribution in [-0.2, 0) is 4.57 Å². The van der Waals surface area contributed by atoms with Crippen LogP contribution >= 0.6 is 7.14 Å². The minimum Gasteiger partial charge on any atom is -0.496 e. The minimum absolute atomic E-state index is 0.156. The molecular weight excluding hydrogens is 515 g/mol. The van der Waals surface area contributed by atoms with E-state index in [0.29, 0.717) is 0 Å². The van der Waals surface area contributed by atoms with Crippen molar-refractivity contribution in [3.63, 3.8) is 0 Å². The average Bonchev–Trinajstić information content (AvgIpc) is 3.03. The number of hydrogen-bond acceptors (Lipinski definition) is 4. The molecule has 0 radical (unpaired) electrons. The Morgan fingerprint density at radius 3 is 1.65 bits per heavy atom. The molecule has 0 heterocycles. The van der Waals surface area contributed by atoms with Crippen molar-refractivity contribution in [1.82, 2.24) is 0 Å². The van der Waals surface area contributed by atoms with Gasteiger partial charge in [-0.3, -0.25) is 0 Å². The molecule has 2 aliphatic carbocycles. The zero-order chi connectivity index (χ0) is 27.7. The average molecular weight is 557 g/mol. The van der Waals surface area contributed by atoms with E-state index in [2.05, 4.69) is 42.5 Å². The van der Waals surface area contributed by atoms with Crippen molar-refractivity contribution in [3.8, 4) is 28.4 Å². The second kappa shape index (κ2) is 11.5. The number of benzene rings is 4. The monoisotopic (exact) mass is 556 g/mol. The molecule has 0 aromatic heterocycles. The first-order valence-corrected chi connectivity index (χ1v) is 16.8. The SMILES string of the molecule is COc1ccc2ccccc2c1-c1c(P(=O)(C2CCCCC2)C2CCCCC2)c(OC)c2ccccc2c1OC. The van der Waals surface area contributed by atoms with Crippen LogP contribution in [0.25, 0.3) is 32.7 Å². The molecule has 4 aromatic carbocycles. The van der Waals surface area contributed by atoms with Crippen molar-refractivity contribution in [2.75, 3.05) is 21.3 Å². The molecule has 6 rings (SSSR count). The van der Waals surface area contributed by atoms with E-state index >= 15 is 4.57 Å². The Labute approximate surface area is 238 Å². The first-order valence-electron chi connectivity index (χ1n) is 15.0. The normalized spacial score (nSPS) is 17.3. The lowest BCUT2D eigenvalue weighted by Gasteiger charge is -2.40. The first kappa shape index (κ1) is 27.2. The van der Waals surface area contributed by atoms with E-state index in [4.69, 9.17) is 14.2 Å². The van der Waals surface area contributed by atoms with Gasteiger partial charge in [-0.25, -0.2) is 0 Å².